The number of hydrogen-bond acceptors (Lipinski definition) is 4. The smallest absolute Gasteiger partial charge is 0.342 e. The molecule has 0 aliphatic heterocycles. The molecule has 0 amide bonds. The lowest BCUT2D eigenvalue weighted by Crippen LogP contribution is -2.10. The number of rotatable bonds is 6. The van der Waals surface area contributed by atoms with Gasteiger partial charge in [-0.2, -0.15) is 0 Å². The highest BCUT2D eigenvalue weighted by Crippen LogP contribution is 2.30. The standard InChI is InChI=1S/C14H18N2O4/c17-14(18)11-6-3-7-12(13(11)16(19)20)15-9-8-10-4-1-2-5-10/h3,6-7,10,15H,1-2,4-5,8-9H2,(H,17,18). The van der Waals surface area contributed by atoms with E-state index in [2.05, 4.69) is 5.32 Å². The van der Waals surface area contributed by atoms with Crippen molar-refractivity contribution in [1.29, 1.82) is 0 Å². The SMILES string of the molecule is O=C(O)c1cccc(NCCC2CCCC2)c1[N+](=O)[O-]. The number of para-hydroxylation sites is 1. The number of nitro benzene ring substituents is 1. The maximum atomic E-state index is 11.1. The predicted molar refractivity (Wildman–Crippen MR) is 75.1 cm³/mol. The van der Waals surface area contributed by atoms with Crippen LogP contribution >= 0.6 is 0 Å². The van der Waals surface area contributed by atoms with Crippen LogP contribution in [-0.2, 0) is 0 Å². The van der Waals surface area contributed by atoms with Crippen molar-refractivity contribution in [3.8, 4) is 0 Å². The number of carbonyl (C=O) groups is 1. The molecule has 0 atom stereocenters. The molecule has 6 nitrogen and oxygen atoms in total. The molecule has 0 unspecified atom stereocenters. The Labute approximate surface area is 117 Å². The number of carboxylic acids is 1. The summed E-state index contributed by atoms with van der Waals surface area (Å²) in [5.41, 5.74) is -0.347. The molecular formula is C14H18N2O4. The Morgan fingerprint density at radius 1 is 1.40 bits per heavy atom. The summed E-state index contributed by atoms with van der Waals surface area (Å²) in [5, 5.41) is 23.1. The fraction of sp³-hybridized carbons (Fsp3) is 0.500. The van der Waals surface area contributed by atoms with Gasteiger partial charge in [-0.3, -0.25) is 10.1 Å². The maximum Gasteiger partial charge on any atom is 0.342 e. The monoisotopic (exact) mass is 278 g/mol. The summed E-state index contributed by atoms with van der Waals surface area (Å²) in [7, 11) is 0. The van der Waals surface area contributed by atoms with Gasteiger partial charge in [0.1, 0.15) is 11.3 Å². The minimum Gasteiger partial charge on any atom is -0.477 e. The zero-order valence-electron chi connectivity index (χ0n) is 11.2. The Morgan fingerprint density at radius 3 is 2.70 bits per heavy atom. The zero-order chi connectivity index (χ0) is 14.5. The molecule has 2 rings (SSSR count). The van der Waals surface area contributed by atoms with Gasteiger partial charge in [0.15, 0.2) is 0 Å². The Balaban J connectivity index is 2.08. The molecule has 6 heteroatoms. The molecule has 0 radical (unpaired) electrons. The highest BCUT2D eigenvalue weighted by atomic mass is 16.6. The molecule has 0 heterocycles. The fourth-order valence-electron chi connectivity index (χ4n) is 2.77. The molecule has 0 bridgehead atoms. The van der Waals surface area contributed by atoms with Crippen LogP contribution in [0, 0.1) is 16.0 Å². The molecule has 1 aliphatic rings. The van der Waals surface area contributed by atoms with Crippen LogP contribution in [0.15, 0.2) is 18.2 Å². The van der Waals surface area contributed by atoms with E-state index < -0.39 is 10.9 Å². The minimum absolute atomic E-state index is 0.277. The largest absolute Gasteiger partial charge is 0.477 e. The summed E-state index contributed by atoms with van der Waals surface area (Å²) < 4.78 is 0. The average molecular weight is 278 g/mol. The van der Waals surface area contributed by atoms with Gasteiger partial charge in [-0.1, -0.05) is 31.7 Å². The van der Waals surface area contributed by atoms with Crippen LogP contribution < -0.4 is 5.32 Å². The predicted octanol–water partition coefficient (Wildman–Crippen LogP) is 3.29. The summed E-state index contributed by atoms with van der Waals surface area (Å²) >= 11 is 0. The van der Waals surface area contributed by atoms with Gasteiger partial charge in [-0.05, 0) is 24.5 Å². The Bertz CT molecular complexity index is 510. The normalized spacial score (nSPS) is 15.2. The molecule has 1 saturated carbocycles. The number of aromatic carboxylic acids is 1. The lowest BCUT2D eigenvalue weighted by Gasteiger charge is -2.11. The van der Waals surface area contributed by atoms with E-state index in [4.69, 9.17) is 5.11 Å². The third-order valence-corrected chi connectivity index (χ3v) is 3.79. The van der Waals surface area contributed by atoms with Gasteiger partial charge in [-0.15, -0.1) is 0 Å². The van der Waals surface area contributed by atoms with Crippen molar-refractivity contribution in [1.82, 2.24) is 0 Å². The molecule has 1 aromatic carbocycles. The molecule has 1 fully saturated rings. The minimum atomic E-state index is -1.28. The highest BCUT2D eigenvalue weighted by Gasteiger charge is 2.24. The molecule has 0 aromatic heterocycles. The van der Waals surface area contributed by atoms with Gasteiger partial charge in [0, 0.05) is 6.54 Å². The lowest BCUT2D eigenvalue weighted by atomic mass is 10.0. The Hall–Kier alpha value is -2.11. The third-order valence-electron chi connectivity index (χ3n) is 3.79. The van der Waals surface area contributed by atoms with Crippen molar-refractivity contribution in [3.05, 3.63) is 33.9 Å². The van der Waals surface area contributed by atoms with Crippen molar-refractivity contribution >= 4 is 17.3 Å². The summed E-state index contributed by atoms with van der Waals surface area (Å²) in [6.45, 7) is 0.634. The number of nitrogens with one attached hydrogen (secondary N) is 1. The number of anilines is 1. The van der Waals surface area contributed by atoms with Crippen LogP contribution in [0.4, 0.5) is 11.4 Å². The second kappa shape index (κ2) is 6.36. The van der Waals surface area contributed by atoms with Gasteiger partial charge in [0.25, 0.3) is 0 Å². The molecule has 0 spiro atoms. The first-order valence-corrected chi connectivity index (χ1v) is 6.84. The van der Waals surface area contributed by atoms with E-state index in [1.165, 1.54) is 37.8 Å². The van der Waals surface area contributed by atoms with Crippen LogP contribution in [0.3, 0.4) is 0 Å². The zero-order valence-corrected chi connectivity index (χ0v) is 11.2. The first-order chi connectivity index (χ1) is 9.59. The highest BCUT2D eigenvalue weighted by molar-refractivity contribution is 5.95. The van der Waals surface area contributed by atoms with E-state index in [9.17, 15) is 14.9 Å². The van der Waals surface area contributed by atoms with Crippen LogP contribution in [0.5, 0.6) is 0 Å². The number of nitrogens with zero attached hydrogens (tertiary/aromatic N) is 1. The quantitative estimate of drug-likeness (QED) is 0.615. The van der Waals surface area contributed by atoms with Crippen molar-refractivity contribution in [2.24, 2.45) is 5.92 Å². The Morgan fingerprint density at radius 2 is 2.10 bits per heavy atom. The summed E-state index contributed by atoms with van der Waals surface area (Å²) in [6.07, 6.45) is 5.94. The summed E-state index contributed by atoms with van der Waals surface area (Å²) in [6, 6.07) is 4.33. The number of carboxylic acid groups (broad SMARTS) is 1. The second-order valence-electron chi connectivity index (χ2n) is 5.13. The fourth-order valence-corrected chi connectivity index (χ4v) is 2.77. The summed E-state index contributed by atoms with van der Waals surface area (Å²) in [5.74, 6) is -0.597. The van der Waals surface area contributed by atoms with E-state index >= 15 is 0 Å². The van der Waals surface area contributed by atoms with Gasteiger partial charge in [0.05, 0.1) is 4.92 Å². The van der Waals surface area contributed by atoms with E-state index in [1.54, 1.807) is 6.07 Å². The maximum absolute atomic E-state index is 11.1. The molecule has 20 heavy (non-hydrogen) atoms. The molecule has 0 saturated heterocycles. The van der Waals surface area contributed by atoms with Gasteiger partial charge in [0.2, 0.25) is 0 Å². The lowest BCUT2D eigenvalue weighted by molar-refractivity contribution is -0.384. The van der Waals surface area contributed by atoms with Crippen molar-refractivity contribution in [2.45, 2.75) is 32.1 Å². The van der Waals surface area contributed by atoms with Crippen molar-refractivity contribution in [2.75, 3.05) is 11.9 Å². The van der Waals surface area contributed by atoms with E-state index in [1.807, 2.05) is 0 Å². The topological polar surface area (TPSA) is 92.5 Å². The average Bonchev–Trinajstić information content (AvgIpc) is 2.91. The van der Waals surface area contributed by atoms with Crippen molar-refractivity contribution in [3.63, 3.8) is 0 Å². The molecular weight excluding hydrogens is 260 g/mol. The van der Waals surface area contributed by atoms with E-state index in [0.29, 0.717) is 12.5 Å². The van der Waals surface area contributed by atoms with Crippen LogP contribution in [0.2, 0.25) is 0 Å². The first kappa shape index (κ1) is 14.3. The van der Waals surface area contributed by atoms with Crippen LogP contribution in [0.25, 0.3) is 0 Å². The second-order valence-corrected chi connectivity index (χ2v) is 5.13. The molecule has 1 aliphatic carbocycles. The van der Waals surface area contributed by atoms with Gasteiger partial charge < -0.3 is 10.4 Å². The van der Waals surface area contributed by atoms with Crippen LogP contribution in [0.1, 0.15) is 42.5 Å². The number of nitro groups is 1. The summed E-state index contributed by atoms with van der Waals surface area (Å²) in [4.78, 5) is 21.5. The van der Waals surface area contributed by atoms with E-state index in [0.717, 1.165) is 6.42 Å². The van der Waals surface area contributed by atoms with Gasteiger partial charge >= 0.3 is 11.7 Å². The number of benzene rings is 1. The third kappa shape index (κ3) is 3.26. The first-order valence-electron chi connectivity index (χ1n) is 6.84. The number of hydrogen-bond donors (Lipinski definition) is 2. The van der Waals surface area contributed by atoms with Gasteiger partial charge in [-0.25, -0.2) is 4.79 Å². The van der Waals surface area contributed by atoms with Crippen molar-refractivity contribution < 1.29 is 14.8 Å². The van der Waals surface area contributed by atoms with E-state index in [-0.39, 0.29) is 16.9 Å². The van der Waals surface area contributed by atoms with Crippen LogP contribution in [-0.4, -0.2) is 22.5 Å². The molecule has 108 valence electrons. The molecule has 1 aromatic rings. The Kier molecular flexibility index (Phi) is 4.55. The molecule has 2 N–H and O–H groups in total.